The van der Waals surface area contributed by atoms with Gasteiger partial charge >= 0.3 is 0 Å². The minimum absolute atomic E-state index is 0.0489. The smallest absolute Gasteiger partial charge is 0.246 e. The molecule has 2 aromatic rings. The molecule has 2 aromatic carbocycles. The van der Waals surface area contributed by atoms with Crippen LogP contribution in [0.15, 0.2) is 54.6 Å². The lowest BCUT2D eigenvalue weighted by Crippen LogP contribution is -2.43. The van der Waals surface area contributed by atoms with Gasteiger partial charge < -0.3 is 19.7 Å². The first-order valence-electron chi connectivity index (χ1n) is 9.65. The van der Waals surface area contributed by atoms with Gasteiger partial charge in [0.2, 0.25) is 11.8 Å². The molecule has 0 saturated carbocycles. The second kappa shape index (κ2) is 9.78. The summed E-state index contributed by atoms with van der Waals surface area (Å²) in [6.07, 6.45) is 4.82. The molecule has 1 heterocycles. The maximum absolute atomic E-state index is 12.7. The number of nitrogens with one attached hydrogen (secondary N) is 1. The highest BCUT2D eigenvalue weighted by Crippen LogP contribution is 2.25. The van der Waals surface area contributed by atoms with Crippen molar-refractivity contribution in [3.63, 3.8) is 0 Å². The predicted molar refractivity (Wildman–Crippen MR) is 113 cm³/mol. The molecule has 1 N–H and O–H groups in total. The van der Waals surface area contributed by atoms with Crippen LogP contribution in [0.25, 0.3) is 6.08 Å². The molecule has 6 nitrogen and oxygen atoms in total. The van der Waals surface area contributed by atoms with E-state index in [1.165, 1.54) is 6.08 Å². The van der Waals surface area contributed by atoms with Crippen molar-refractivity contribution >= 4 is 23.6 Å². The number of nitrogens with zero attached hydrogens (tertiary/aromatic N) is 1. The predicted octanol–water partition coefficient (Wildman–Crippen LogP) is 3.59. The summed E-state index contributed by atoms with van der Waals surface area (Å²) in [5.74, 6) is 0.967. The summed E-state index contributed by atoms with van der Waals surface area (Å²) in [4.78, 5) is 27.0. The second-order valence-corrected chi connectivity index (χ2v) is 6.92. The average Bonchev–Trinajstić information content (AvgIpc) is 2.78. The number of anilines is 1. The Labute approximate surface area is 171 Å². The van der Waals surface area contributed by atoms with E-state index in [0.29, 0.717) is 24.6 Å². The number of ether oxygens (including phenoxy) is 2. The first-order chi connectivity index (χ1) is 14.1. The highest BCUT2D eigenvalue weighted by Gasteiger charge is 2.27. The first-order valence-corrected chi connectivity index (χ1v) is 9.65. The Morgan fingerprint density at radius 3 is 2.62 bits per heavy atom. The molecule has 0 spiro atoms. The Kier molecular flexibility index (Phi) is 6.89. The van der Waals surface area contributed by atoms with Gasteiger partial charge in [-0.05, 0) is 49.2 Å². The maximum Gasteiger partial charge on any atom is 0.246 e. The van der Waals surface area contributed by atoms with Gasteiger partial charge in [0, 0.05) is 30.4 Å². The van der Waals surface area contributed by atoms with E-state index in [2.05, 4.69) is 5.32 Å². The van der Waals surface area contributed by atoms with Crippen LogP contribution in [0.3, 0.4) is 0 Å². The van der Waals surface area contributed by atoms with Crippen LogP contribution in [-0.4, -0.2) is 44.0 Å². The summed E-state index contributed by atoms with van der Waals surface area (Å²) in [6, 6.07) is 14.8. The van der Waals surface area contributed by atoms with Crippen LogP contribution >= 0.6 is 0 Å². The molecule has 1 fully saturated rings. The highest BCUT2D eigenvalue weighted by molar-refractivity contribution is 5.95. The quantitative estimate of drug-likeness (QED) is 0.761. The number of para-hydroxylation sites is 1. The van der Waals surface area contributed by atoms with Crippen molar-refractivity contribution in [2.24, 2.45) is 5.92 Å². The molecule has 0 aromatic heterocycles. The van der Waals surface area contributed by atoms with Gasteiger partial charge in [0.05, 0.1) is 20.1 Å². The van der Waals surface area contributed by atoms with Crippen molar-refractivity contribution in [3.05, 3.63) is 60.2 Å². The first kappa shape index (κ1) is 20.5. The largest absolute Gasteiger partial charge is 0.497 e. The van der Waals surface area contributed by atoms with Gasteiger partial charge in [0.15, 0.2) is 0 Å². The molecule has 0 radical (unpaired) electrons. The third-order valence-corrected chi connectivity index (χ3v) is 4.99. The summed E-state index contributed by atoms with van der Waals surface area (Å²) in [6.45, 7) is 1.06. The number of piperidine rings is 1. The summed E-state index contributed by atoms with van der Waals surface area (Å²) in [5.41, 5.74) is 1.53. The lowest BCUT2D eigenvalue weighted by molar-refractivity contribution is -0.130. The van der Waals surface area contributed by atoms with Gasteiger partial charge in [0.1, 0.15) is 11.5 Å². The Hall–Kier alpha value is -3.28. The zero-order chi connectivity index (χ0) is 20.6. The van der Waals surface area contributed by atoms with Gasteiger partial charge in [-0.3, -0.25) is 9.59 Å². The number of likely N-dealkylation sites (tertiary alicyclic amines) is 1. The van der Waals surface area contributed by atoms with E-state index in [9.17, 15) is 9.59 Å². The van der Waals surface area contributed by atoms with Gasteiger partial charge in [-0.15, -0.1) is 0 Å². The molecule has 1 aliphatic rings. The fourth-order valence-corrected chi connectivity index (χ4v) is 3.39. The molecular formula is C23H26N2O4. The fourth-order valence-electron chi connectivity index (χ4n) is 3.39. The number of amides is 2. The van der Waals surface area contributed by atoms with Crippen LogP contribution in [0.2, 0.25) is 0 Å². The van der Waals surface area contributed by atoms with Gasteiger partial charge in [-0.2, -0.15) is 0 Å². The zero-order valence-corrected chi connectivity index (χ0v) is 16.8. The number of hydrogen-bond donors (Lipinski definition) is 1. The van der Waals surface area contributed by atoms with Crippen molar-refractivity contribution in [2.75, 3.05) is 32.6 Å². The maximum atomic E-state index is 12.7. The Bertz CT molecular complexity index is 880. The van der Waals surface area contributed by atoms with Gasteiger partial charge in [0.25, 0.3) is 0 Å². The minimum Gasteiger partial charge on any atom is -0.497 e. The lowest BCUT2D eigenvalue weighted by Gasteiger charge is -2.31. The zero-order valence-electron chi connectivity index (χ0n) is 16.8. The summed E-state index contributed by atoms with van der Waals surface area (Å²) in [7, 11) is 3.18. The van der Waals surface area contributed by atoms with E-state index in [1.54, 1.807) is 37.3 Å². The van der Waals surface area contributed by atoms with Crippen LogP contribution < -0.4 is 14.8 Å². The van der Waals surface area contributed by atoms with Crippen molar-refractivity contribution in [1.82, 2.24) is 4.90 Å². The second-order valence-electron chi connectivity index (χ2n) is 6.92. The molecule has 1 atom stereocenters. The summed E-state index contributed by atoms with van der Waals surface area (Å²) < 4.78 is 10.6. The van der Waals surface area contributed by atoms with Crippen LogP contribution in [0.1, 0.15) is 18.4 Å². The van der Waals surface area contributed by atoms with E-state index in [4.69, 9.17) is 9.47 Å². The number of carbonyl (C=O) groups is 2. The monoisotopic (exact) mass is 394 g/mol. The minimum atomic E-state index is -0.215. The van der Waals surface area contributed by atoms with Crippen LogP contribution in [0.4, 0.5) is 5.69 Å². The Balaban J connectivity index is 1.64. The fraction of sp³-hybridized carbons (Fsp3) is 0.304. The van der Waals surface area contributed by atoms with Crippen molar-refractivity contribution in [2.45, 2.75) is 12.8 Å². The third-order valence-electron chi connectivity index (χ3n) is 4.99. The highest BCUT2D eigenvalue weighted by atomic mass is 16.5. The molecular weight excluding hydrogens is 368 g/mol. The lowest BCUT2D eigenvalue weighted by atomic mass is 9.97. The van der Waals surface area contributed by atoms with Crippen LogP contribution in [0.5, 0.6) is 11.5 Å². The Morgan fingerprint density at radius 1 is 1.10 bits per heavy atom. The van der Waals surface area contributed by atoms with Gasteiger partial charge in [-0.25, -0.2) is 0 Å². The van der Waals surface area contributed by atoms with E-state index in [0.717, 1.165) is 24.1 Å². The van der Waals surface area contributed by atoms with Crippen LogP contribution in [0, 0.1) is 5.92 Å². The molecule has 29 heavy (non-hydrogen) atoms. The number of methoxy groups -OCH3 is 2. The molecule has 0 bridgehead atoms. The number of carbonyl (C=O) groups excluding carboxylic acids is 2. The average molecular weight is 394 g/mol. The third kappa shape index (κ3) is 5.38. The summed E-state index contributed by atoms with van der Waals surface area (Å²) >= 11 is 0. The van der Waals surface area contributed by atoms with E-state index >= 15 is 0 Å². The van der Waals surface area contributed by atoms with Gasteiger partial charge in [-0.1, -0.05) is 18.2 Å². The molecule has 0 aliphatic carbocycles. The topological polar surface area (TPSA) is 67.9 Å². The molecule has 1 saturated heterocycles. The molecule has 2 amide bonds. The molecule has 152 valence electrons. The number of benzene rings is 2. The number of hydrogen-bond acceptors (Lipinski definition) is 4. The van der Waals surface area contributed by atoms with Crippen molar-refractivity contribution in [3.8, 4) is 11.5 Å². The number of rotatable bonds is 6. The van der Waals surface area contributed by atoms with E-state index < -0.39 is 0 Å². The standard InChI is InChI=1S/C23H26N2O4/c1-28-20-11-12-21(29-2)17(15-20)10-13-22(26)25-14-6-7-18(16-25)23(27)24-19-8-4-3-5-9-19/h3-5,8-13,15,18H,6-7,14,16H2,1-2H3,(H,24,27)/b13-10+. The van der Waals surface area contributed by atoms with E-state index in [-0.39, 0.29) is 17.7 Å². The summed E-state index contributed by atoms with van der Waals surface area (Å²) in [5, 5.41) is 2.93. The van der Waals surface area contributed by atoms with Crippen LogP contribution in [-0.2, 0) is 9.59 Å². The Morgan fingerprint density at radius 2 is 1.90 bits per heavy atom. The molecule has 3 rings (SSSR count). The van der Waals surface area contributed by atoms with Crippen molar-refractivity contribution in [1.29, 1.82) is 0 Å². The molecule has 1 aliphatic heterocycles. The van der Waals surface area contributed by atoms with Crippen molar-refractivity contribution < 1.29 is 19.1 Å². The van der Waals surface area contributed by atoms with E-state index in [1.807, 2.05) is 36.4 Å². The molecule has 1 unspecified atom stereocenters. The molecule has 6 heteroatoms. The normalized spacial score (nSPS) is 16.5. The SMILES string of the molecule is COc1ccc(OC)c(/C=C/C(=O)N2CCCC(C(=O)Nc3ccccc3)C2)c1.